The summed E-state index contributed by atoms with van der Waals surface area (Å²) in [6, 6.07) is 5.91. The minimum Gasteiger partial charge on any atom is -0.358 e. The predicted octanol–water partition coefficient (Wildman–Crippen LogP) is 1.25. The average molecular weight is 325 g/mol. The van der Waals surface area contributed by atoms with E-state index in [1.165, 1.54) is 17.3 Å². The number of fused-ring (bicyclic) bond motifs is 1. The molecule has 0 bridgehead atoms. The number of carbonyl (C=O) groups is 1. The van der Waals surface area contributed by atoms with Crippen LogP contribution in [0.25, 0.3) is 16.6 Å². The Morgan fingerprint density at radius 2 is 1.96 bits per heavy atom. The third-order valence-corrected chi connectivity index (χ3v) is 4.17. The number of likely N-dealkylation sites (N-methyl/N-ethyl adjacent to an activating group) is 1. The van der Waals surface area contributed by atoms with E-state index in [1.807, 2.05) is 32.0 Å². The number of hydrogen-bond donors (Lipinski definition) is 1. The fourth-order valence-corrected chi connectivity index (χ4v) is 2.60. The van der Waals surface area contributed by atoms with Crippen LogP contribution >= 0.6 is 0 Å². The number of rotatable bonds is 3. The molecule has 0 spiro atoms. The molecule has 0 aliphatic rings. The van der Waals surface area contributed by atoms with E-state index in [2.05, 4.69) is 15.5 Å². The Kier molecular flexibility index (Phi) is 3.92. The average Bonchev–Trinajstić information content (AvgIpc) is 3.00. The molecule has 2 heterocycles. The zero-order chi connectivity index (χ0) is 17.4. The van der Waals surface area contributed by atoms with E-state index in [9.17, 15) is 9.59 Å². The first-order valence-corrected chi connectivity index (χ1v) is 7.66. The van der Waals surface area contributed by atoms with Crippen LogP contribution in [-0.4, -0.2) is 32.5 Å². The summed E-state index contributed by atoms with van der Waals surface area (Å²) >= 11 is 0. The summed E-state index contributed by atoms with van der Waals surface area (Å²) in [6.07, 6.45) is 1.64. The van der Waals surface area contributed by atoms with E-state index in [4.69, 9.17) is 0 Å². The van der Waals surface area contributed by atoms with Crippen molar-refractivity contribution in [2.24, 2.45) is 0 Å². The molecule has 0 fully saturated rings. The van der Waals surface area contributed by atoms with Crippen molar-refractivity contribution >= 4 is 16.8 Å². The molecule has 0 saturated heterocycles. The first-order valence-electron chi connectivity index (χ1n) is 7.66. The van der Waals surface area contributed by atoms with Gasteiger partial charge in [-0.3, -0.25) is 9.59 Å². The summed E-state index contributed by atoms with van der Waals surface area (Å²) in [5.41, 5.74) is 3.84. The van der Waals surface area contributed by atoms with Gasteiger partial charge in [0.05, 0.1) is 17.6 Å². The van der Waals surface area contributed by atoms with Gasteiger partial charge in [-0.1, -0.05) is 6.07 Å². The number of aromatic nitrogens is 4. The summed E-state index contributed by atoms with van der Waals surface area (Å²) in [4.78, 5) is 24.4. The van der Waals surface area contributed by atoms with E-state index in [0.717, 1.165) is 11.3 Å². The molecule has 1 aromatic carbocycles. The molecule has 2 aromatic heterocycles. The summed E-state index contributed by atoms with van der Waals surface area (Å²) in [6.45, 7) is 5.73. The standard InChI is InChI=1S/C17H19N5O2/c1-10-5-6-13(7-11(10)2)22-16-14(8-19-22)12(3)20-21(17(16)24)9-15(23)18-4/h5-8H,9H2,1-4H3,(H,18,23). The molecular weight excluding hydrogens is 306 g/mol. The van der Waals surface area contributed by atoms with Gasteiger partial charge in [-0.25, -0.2) is 9.36 Å². The smallest absolute Gasteiger partial charge is 0.293 e. The molecule has 24 heavy (non-hydrogen) atoms. The Balaban J connectivity index is 2.25. The highest BCUT2D eigenvalue weighted by Gasteiger charge is 2.16. The van der Waals surface area contributed by atoms with Gasteiger partial charge in [-0.2, -0.15) is 10.2 Å². The third-order valence-electron chi connectivity index (χ3n) is 4.17. The quantitative estimate of drug-likeness (QED) is 0.786. The number of carbonyl (C=O) groups excluding carboxylic acids is 1. The van der Waals surface area contributed by atoms with Crippen LogP contribution in [0.4, 0.5) is 0 Å². The fraction of sp³-hybridized carbons (Fsp3) is 0.294. The molecule has 7 nitrogen and oxygen atoms in total. The van der Waals surface area contributed by atoms with Crippen LogP contribution in [0.5, 0.6) is 0 Å². The van der Waals surface area contributed by atoms with Gasteiger partial charge in [0.15, 0.2) is 0 Å². The highest BCUT2D eigenvalue weighted by molar-refractivity contribution is 5.82. The topological polar surface area (TPSA) is 81.8 Å². The Hall–Kier alpha value is -2.96. The Labute approximate surface area is 138 Å². The monoisotopic (exact) mass is 325 g/mol. The number of hydrogen-bond acceptors (Lipinski definition) is 4. The van der Waals surface area contributed by atoms with E-state index >= 15 is 0 Å². The van der Waals surface area contributed by atoms with Crippen LogP contribution in [0.2, 0.25) is 0 Å². The van der Waals surface area contributed by atoms with Crippen LogP contribution in [0.15, 0.2) is 29.2 Å². The van der Waals surface area contributed by atoms with Crippen LogP contribution < -0.4 is 10.9 Å². The van der Waals surface area contributed by atoms with Crippen molar-refractivity contribution in [3.05, 3.63) is 51.6 Å². The molecule has 124 valence electrons. The van der Waals surface area contributed by atoms with Gasteiger partial charge in [0.2, 0.25) is 5.91 Å². The van der Waals surface area contributed by atoms with Gasteiger partial charge in [0.25, 0.3) is 5.56 Å². The molecule has 0 aliphatic heterocycles. The lowest BCUT2D eigenvalue weighted by molar-refractivity contribution is -0.121. The van der Waals surface area contributed by atoms with Crippen LogP contribution in [0.1, 0.15) is 16.8 Å². The lowest BCUT2D eigenvalue weighted by Gasteiger charge is -2.09. The van der Waals surface area contributed by atoms with Gasteiger partial charge >= 0.3 is 0 Å². The number of nitrogens with zero attached hydrogens (tertiary/aromatic N) is 4. The maximum Gasteiger partial charge on any atom is 0.293 e. The Bertz CT molecular complexity index is 1000. The fourth-order valence-electron chi connectivity index (χ4n) is 2.60. The highest BCUT2D eigenvalue weighted by atomic mass is 16.2. The number of aryl methyl sites for hydroxylation is 3. The summed E-state index contributed by atoms with van der Waals surface area (Å²) in [5.74, 6) is -0.277. The molecule has 0 radical (unpaired) electrons. The SMILES string of the molecule is CNC(=O)Cn1nc(C)c2cnn(-c3ccc(C)c(C)c3)c2c1=O. The molecule has 1 amide bonds. The predicted molar refractivity (Wildman–Crippen MR) is 91.4 cm³/mol. The van der Waals surface area contributed by atoms with Crippen molar-refractivity contribution in [3.63, 3.8) is 0 Å². The number of nitrogens with one attached hydrogen (secondary N) is 1. The lowest BCUT2D eigenvalue weighted by Crippen LogP contribution is -2.33. The summed E-state index contributed by atoms with van der Waals surface area (Å²) in [7, 11) is 1.53. The van der Waals surface area contributed by atoms with Crippen LogP contribution in [0, 0.1) is 20.8 Å². The maximum atomic E-state index is 12.8. The zero-order valence-electron chi connectivity index (χ0n) is 14.1. The molecule has 0 aliphatic carbocycles. The molecule has 0 unspecified atom stereocenters. The van der Waals surface area contributed by atoms with E-state index in [0.29, 0.717) is 16.6 Å². The van der Waals surface area contributed by atoms with Crippen molar-refractivity contribution < 1.29 is 4.79 Å². The zero-order valence-corrected chi connectivity index (χ0v) is 14.1. The lowest BCUT2D eigenvalue weighted by atomic mass is 10.1. The summed E-state index contributed by atoms with van der Waals surface area (Å²) < 4.78 is 2.79. The van der Waals surface area contributed by atoms with Gasteiger partial charge < -0.3 is 5.32 Å². The van der Waals surface area contributed by atoms with Crippen molar-refractivity contribution in [1.82, 2.24) is 24.9 Å². The second kappa shape index (κ2) is 5.92. The largest absolute Gasteiger partial charge is 0.358 e. The van der Waals surface area contributed by atoms with Gasteiger partial charge in [-0.05, 0) is 44.0 Å². The highest BCUT2D eigenvalue weighted by Crippen LogP contribution is 2.19. The minimum atomic E-state index is -0.338. The molecule has 0 atom stereocenters. The Morgan fingerprint density at radius 1 is 1.21 bits per heavy atom. The molecular formula is C17H19N5O2. The van der Waals surface area contributed by atoms with Gasteiger partial charge in [0.1, 0.15) is 12.1 Å². The Morgan fingerprint density at radius 3 is 2.62 bits per heavy atom. The van der Waals surface area contributed by atoms with E-state index in [1.54, 1.807) is 17.8 Å². The molecule has 7 heteroatoms. The van der Waals surface area contributed by atoms with Crippen LogP contribution in [0.3, 0.4) is 0 Å². The number of amides is 1. The first kappa shape index (κ1) is 15.9. The van der Waals surface area contributed by atoms with Crippen LogP contribution in [-0.2, 0) is 11.3 Å². The maximum absolute atomic E-state index is 12.8. The number of benzene rings is 1. The van der Waals surface area contributed by atoms with E-state index < -0.39 is 0 Å². The van der Waals surface area contributed by atoms with Crippen molar-refractivity contribution in [1.29, 1.82) is 0 Å². The third kappa shape index (κ3) is 2.58. The van der Waals surface area contributed by atoms with Crippen molar-refractivity contribution in [3.8, 4) is 5.69 Å². The normalized spacial score (nSPS) is 11.0. The second-order valence-corrected chi connectivity index (χ2v) is 5.81. The molecule has 3 rings (SSSR count). The van der Waals surface area contributed by atoms with Crippen molar-refractivity contribution in [2.45, 2.75) is 27.3 Å². The second-order valence-electron chi connectivity index (χ2n) is 5.81. The van der Waals surface area contributed by atoms with Crippen molar-refractivity contribution in [2.75, 3.05) is 7.05 Å². The molecule has 1 N–H and O–H groups in total. The molecule has 0 saturated carbocycles. The molecule has 3 aromatic rings. The van der Waals surface area contributed by atoms with E-state index in [-0.39, 0.29) is 18.0 Å². The van der Waals surface area contributed by atoms with Gasteiger partial charge in [-0.15, -0.1) is 0 Å². The first-order chi connectivity index (χ1) is 11.4. The minimum absolute atomic E-state index is 0.121. The van der Waals surface area contributed by atoms with Gasteiger partial charge in [0, 0.05) is 12.4 Å². The summed E-state index contributed by atoms with van der Waals surface area (Å²) in [5, 5.41) is 11.8.